The van der Waals surface area contributed by atoms with E-state index in [2.05, 4.69) is 15.3 Å². The molecule has 2 aromatic heterocycles. The molecular formula is C29H24N4O7. The number of amides is 1. The van der Waals surface area contributed by atoms with E-state index in [1.54, 1.807) is 55.5 Å². The number of carbonyl (C=O) groups excluding carboxylic acids is 1. The van der Waals surface area contributed by atoms with Crippen molar-refractivity contribution < 1.29 is 28.6 Å². The molecule has 11 heteroatoms. The molecule has 1 amide bonds. The molecule has 0 bridgehead atoms. The lowest BCUT2D eigenvalue weighted by Gasteiger charge is -2.25. The fourth-order valence-corrected chi connectivity index (χ4v) is 4.97. The quantitative estimate of drug-likeness (QED) is 0.340. The van der Waals surface area contributed by atoms with Crippen molar-refractivity contribution in [3.05, 3.63) is 104 Å². The summed E-state index contributed by atoms with van der Waals surface area (Å²) in [7, 11) is 0. The average Bonchev–Trinajstić information content (AvgIpc) is 3.67. The molecule has 2 aromatic carbocycles. The van der Waals surface area contributed by atoms with E-state index in [4.69, 9.17) is 13.9 Å². The van der Waals surface area contributed by atoms with E-state index in [1.165, 1.54) is 16.7 Å². The fourth-order valence-electron chi connectivity index (χ4n) is 4.97. The maximum Gasteiger partial charge on any atom is 0.336 e. The lowest BCUT2D eigenvalue weighted by atomic mass is 9.94. The van der Waals surface area contributed by atoms with E-state index >= 15 is 0 Å². The van der Waals surface area contributed by atoms with Crippen LogP contribution in [0, 0.1) is 0 Å². The Morgan fingerprint density at radius 2 is 1.95 bits per heavy atom. The second-order valence-electron chi connectivity index (χ2n) is 9.22. The summed E-state index contributed by atoms with van der Waals surface area (Å²) in [6.07, 6.45) is 1.52. The molecule has 0 fully saturated rings. The molecule has 1 atom stereocenters. The molecule has 202 valence electrons. The Hall–Kier alpha value is -5.32. The van der Waals surface area contributed by atoms with E-state index in [0.29, 0.717) is 52.0 Å². The lowest BCUT2D eigenvalue weighted by Crippen LogP contribution is -2.41. The van der Waals surface area contributed by atoms with Gasteiger partial charge in [0.1, 0.15) is 16.9 Å². The number of aromatic carboxylic acids is 1. The van der Waals surface area contributed by atoms with Crippen LogP contribution in [0.3, 0.4) is 0 Å². The van der Waals surface area contributed by atoms with Crippen molar-refractivity contribution in [1.29, 1.82) is 0 Å². The lowest BCUT2D eigenvalue weighted by molar-refractivity contribution is -0.117. The molecule has 0 saturated heterocycles. The predicted molar refractivity (Wildman–Crippen MR) is 143 cm³/mol. The van der Waals surface area contributed by atoms with Crippen LogP contribution in [0.1, 0.15) is 41.6 Å². The Morgan fingerprint density at radius 1 is 1.15 bits per heavy atom. The van der Waals surface area contributed by atoms with Crippen LogP contribution in [0.25, 0.3) is 17.4 Å². The number of nitrogens with zero attached hydrogens (tertiary/aromatic N) is 2. The van der Waals surface area contributed by atoms with Crippen molar-refractivity contribution in [2.45, 2.75) is 19.9 Å². The molecule has 3 N–H and O–H groups in total. The van der Waals surface area contributed by atoms with Gasteiger partial charge in [-0.1, -0.05) is 24.3 Å². The van der Waals surface area contributed by atoms with Gasteiger partial charge in [0.25, 0.3) is 11.5 Å². The number of likely N-dealkylation sites (N-methyl/N-ethyl adjacent to an activating group) is 1. The number of aromatic amines is 1. The summed E-state index contributed by atoms with van der Waals surface area (Å²) in [5.41, 5.74) is 1.83. The Morgan fingerprint density at radius 3 is 2.75 bits per heavy atom. The Labute approximate surface area is 226 Å². The van der Waals surface area contributed by atoms with Crippen molar-refractivity contribution >= 4 is 18.0 Å². The molecule has 0 saturated carbocycles. The monoisotopic (exact) mass is 540 g/mol. The highest BCUT2D eigenvalue weighted by molar-refractivity contribution is 5.96. The molecule has 0 radical (unpaired) electrons. The molecule has 2 aliphatic rings. The molecule has 2 aliphatic heterocycles. The maximum absolute atomic E-state index is 13.8. The van der Waals surface area contributed by atoms with E-state index in [0.717, 1.165) is 0 Å². The number of aromatic nitrogens is 2. The van der Waals surface area contributed by atoms with Crippen LogP contribution in [-0.2, 0) is 4.79 Å². The molecule has 1 unspecified atom stereocenters. The Balaban J connectivity index is 1.48. The van der Waals surface area contributed by atoms with Gasteiger partial charge in [0.2, 0.25) is 12.4 Å². The van der Waals surface area contributed by atoms with E-state index in [1.807, 2.05) is 6.92 Å². The first-order valence-electron chi connectivity index (χ1n) is 12.6. The zero-order chi connectivity index (χ0) is 28.0. The number of rotatable bonds is 6. The minimum atomic E-state index is -1.07. The molecule has 40 heavy (non-hydrogen) atoms. The van der Waals surface area contributed by atoms with Gasteiger partial charge in [-0.15, -0.1) is 0 Å². The van der Waals surface area contributed by atoms with Gasteiger partial charge in [0, 0.05) is 18.2 Å². The number of H-pyrrole nitrogens is 1. The molecule has 4 aromatic rings. The van der Waals surface area contributed by atoms with Gasteiger partial charge in [-0.25, -0.2) is 9.79 Å². The van der Waals surface area contributed by atoms with Crippen molar-refractivity contribution in [2.24, 2.45) is 4.99 Å². The Bertz CT molecular complexity index is 1890. The summed E-state index contributed by atoms with van der Waals surface area (Å²) in [5, 5.41) is 12.5. The second kappa shape index (κ2) is 9.77. The third-order valence-corrected chi connectivity index (χ3v) is 6.75. The highest BCUT2D eigenvalue weighted by atomic mass is 16.7. The number of carboxylic acid groups (broad SMARTS) is 1. The highest BCUT2D eigenvalue weighted by Crippen LogP contribution is 2.37. The molecule has 0 spiro atoms. The van der Waals surface area contributed by atoms with Crippen LogP contribution >= 0.6 is 0 Å². The number of fused-ring (bicyclic) bond motifs is 2. The minimum absolute atomic E-state index is 0.0906. The van der Waals surface area contributed by atoms with Crippen LogP contribution in [-0.4, -0.2) is 39.9 Å². The predicted octanol–water partition coefficient (Wildman–Crippen LogP) is 2.32. The van der Waals surface area contributed by atoms with Gasteiger partial charge in [0.05, 0.1) is 22.9 Å². The molecule has 4 heterocycles. The third-order valence-electron chi connectivity index (χ3n) is 6.75. The summed E-state index contributed by atoms with van der Waals surface area (Å²) in [5.74, 6) is 0.380. The maximum atomic E-state index is 13.8. The number of furan rings is 1. The first-order valence-corrected chi connectivity index (χ1v) is 12.6. The largest absolute Gasteiger partial charge is 0.478 e. The first-order chi connectivity index (χ1) is 19.4. The number of hydrogen-bond donors (Lipinski definition) is 3. The number of hydrogen-bond acceptors (Lipinski definition) is 7. The van der Waals surface area contributed by atoms with Crippen LogP contribution in [0.2, 0.25) is 0 Å². The topological polar surface area (TPSA) is 148 Å². The van der Waals surface area contributed by atoms with E-state index < -0.39 is 17.6 Å². The van der Waals surface area contributed by atoms with Crippen LogP contribution in [0.15, 0.2) is 80.1 Å². The summed E-state index contributed by atoms with van der Waals surface area (Å²) in [6.45, 7) is 4.04. The summed E-state index contributed by atoms with van der Waals surface area (Å²) in [6, 6.07) is 14.3. The van der Waals surface area contributed by atoms with E-state index in [9.17, 15) is 19.5 Å². The van der Waals surface area contributed by atoms with Crippen LogP contribution in [0.5, 0.6) is 11.5 Å². The number of carbonyl (C=O) groups is 2. The number of imidazole rings is 1. The third kappa shape index (κ3) is 4.17. The zero-order valence-corrected chi connectivity index (χ0v) is 21.6. The van der Waals surface area contributed by atoms with Crippen molar-refractivity contribution in [1.82, 2.24) is 14.9 Å². The van der Waals surface area contributed by atoms with Crippen molar-refractivity contribution in [3.8, 4) is 22.8 Å². The smallest absolute Gasteiger partial charge is 0.336 e. The SMILES string of the molecule is CCNC(=O)C1=C(C)N=c2[nH]c(=Cc3ccc(-c4ccccc4C(=O)O)o3)c(=O)n2C1c1ccc2c(c1)OCO2. The number of benzene rings is 2. The summed E-state index contributed by atoms with van der Waals surface area (Å²) >= 11 is 0. The number of nitrogens with one attached hydrogen (secondary N) is 2. The van der Waals surface area contributed by atoms with Gasteiger partial charge in [-0.3, -0.25) is 14.2 Å². The summed E-state index contributed by atoms with van der Waals surface area (Å²) in [4.78, 5) is 46.2. The van der Waals surface area contributed by atoms with Gasteiger partial charge in [-0.2, -0.15) is 0 Å². The van der Waals surface area contributed by atoms with Gasteiger partial charge in [-0.05, 0) is 49.7 Å². The molecule has 6 rings (SSSR count). The van der Waals surface area contributed by atoms with Gasteiger partial charge >= 0.3 is 5.97 Å². The first kappa shape index (κ1) is 25.0. The molecule has 11 nitrogen and oxygen atoms in total. The second-order valence-corrected chi connectivity index (χ2v) is 9.22. The van der Waals surface area contributed by atoms with E-state index in [-0.39, 0.29) is 29.2 Å². The fraction of sp³-hybridized carbons (Fsp3) is 0.172. The Kier molecular flexibility index (Phi) is 6.10. The summed E-state index contributed by atoms with van der Waals surface area (Å²) < 4.78 is 18.3. The van der Waals surface area contributed by atoms with Gasteiger partial charge < -0.3 is 29.3 Å². The van der Waals surface area contributed by atoms with Gasteiger partial charge in [0.15, 0.2) is 11.5 Å². The normalized spacial score (nSPS) is 16.1. The average molecular weight is 541 g/mol. The number of carboxylic acids is 1. The molecular weight excluding hydrogens is 516 g/mol. The number of ether oxygens (including phenoxy) is 2. The van der Waals surface area contributed by atoms with Crippen LogP contribution < -0.4 is 31.3 Å². The van der Waals surface area contributed by atoms with Crippen LogP contribution in [0.4, 0.5) is 0 Å². The molecule has 0 aliphatic carbocycles. The highest BCUT2D eigenvalue weighted by Gasteiger charge is 2.33. The van der Waals surface area contributed by atoms with Crippen molar-refractivity contribution in [3.63, 3.8) is 0 Å². The standard InChI is InChI=1S/C29H24N4O7/c1-3-30-26(34)24-15(2)31-29-32-20(13-17-9-11-21(40-17)18-6-4-5-7-19(18)28(36)37)27(35)33(29)25(24)16-8-10-22-23(12-16)39-14-38-22/h4-13,25H,3,14H2,1-2H3,(H,30,34)(H,31,32)(H,36,37). The van der Waals surface area contributed by atoms with Crippen molar-refractivity contribution in [2.75, 3.05) is 13.3 Å². The number of allylic oxidation sites excluding steroid dienone is 1. The zero-order valence-electron chi connectivity index (χ0n) is 21.6. The minimum Gasteiger partial charge on any atom is -0.478 e.